The van der Waals surface area contributed by atoms with Crippen molar-refractivity contribution in [3.63, 3.8) is 0 Å². The smallest absolute Gasteiger partial charge is 0.251 e. The van der Waals surface area contributed by atoms with Crippen molar-refractivity contribution >= 4 is 39.3 Å². The molecular formula is C17H16BrClN2O2. The molecule has 2 rings (SSSR count). The molecule has 2 N–H and O–H groups in total. The van der Waals surface area contributed by atoms with Crippen LogP contribution in [0.3, 0.4) is 0 Å². The zero-order valence-electron chi connectivity index (χ0n) is 12.3. The molecule has 2 aromatic rings. The zero-order valence-corrected chi connectivity index (χ0v) is 14.7. The molecule has 2 amide bonds. The molecule has 0 aliphatic carbocycles. The van der Waals surface area contributed by atoms with Gasteiger partial charge in [-0.2, -0.15) is 0 Å². The maximum absolute atomic E-state index is 11.9. The van der Waals surface area contributed by atoms with Crippen LogP contribution in [0.4, 0.5) is 0 Å². The molecule has 2 aromatic carbocycles. The first kappa shape index (κ1) is 17.5. The number of benzene rings is 2. The minimum absolute atomic E-state index is 0.0759. The van der Waals surface area contributed by atoms with Crippen LogP contribution in [0.1, 0.15) is 15.9 Å². The predicted octanol–water partition coefficient (Wildman–Crippen LogP) is 3.19. The summed E-state index contributed by atoms with van der Waals surface area (Å²) >= 11 is 9.12. The van der Waals surface area contributed by atoms with Crippen molar-refractivity contribution in [2.45, 2.75) is 6.42 Å². The van der Waals surface area contributed by atoms with Gasteiger partial charge in [-0.15, -0.1) is 0 Å². The number of hydrogen-bond acceptors (Lipinski definition) is 2. The SMILES string of the molecule is O=C(Cc1ccc(Br)cc1)NCCNC(=O)c1ccc(Cl)cc1. The van der Waals surface area contributed by atoms with E-state index < -0.39 is 0 Å². The Hall–Kier alpha value is -1.85. The molecule has 0 saturated carbocycles. The summed E-state index contributed by atoms with van der Waals surface area (Å²) in [6, 6.07) is 14.2. The number of amides is 2. The van der Waals surface area contributed by atoms with Gasteiger partial charge in [0.15, 0.2) is 0 Å². The number of nitrogens with one attached hydrogen (secondary N) is 2. The molecule has 6 heteroatoms. The average molecular weight is 396 g/mol. The van der Waals surface area contributed by atoms with Gasteiger partial charge in [0, 0.05) is 28.1 Å². The van der Waals surface area contributed by atoms with Gasteiger partial charge in [0.1, 0.15) is 0 Å². The van der Waals surface area contributed by atoms with Crippen molar-refractivity contribution < 1.29 is 9.59 Å². The van der Waals surface area contributed by atoms with Crippen LogP contribution in [0.15, 0.2) is 53.0 Å². The molecule has 4 nitrogen and oxygen atoms in total. The monoisotopic (exact) mass is 394 g/mol. The van der Waals surface area contributed by atoms with E-state index in [-0.39, 0.29) is 11.8 Å². The second kappa shape index (κ2) is 8.70. The molecule has 0 aliphatic heterocycles. The summed E-state index contributed by atoms with van der Waals surface area (Å²) in [6.07, 6.45) is 0.318. The van der Waals surface area contributed by atoms with Crippen molar-refractivity contribution in [3.8, 4) is 0 Å². The Morgan fingerprint density at radius 2 is 1.52 bits per heavy atom. The van der Waals surface area contributed by atoms with Gasteiger partial charge in [0.2, 0.25) is 5.91 Å². The van der Waals surface area contributed by atoms with Gasteiger partial charge in [-0.25, -0.2) is 0 Å². The Morgan fingerprint density at radius 3 is 2.17 bits per heavy atom. The number of rotatable bonds is 6. The number of carbonyl (C=O) groups excluding carboxylic acids is 2. The number of carbonyl (C=O) groups is 2. The highest BCUT2D eigenvalue weighted by Crippen LogP contribution is 2.11. The van der Waals surface area contributed by atoms with E-state index in [4.69, 9.17) is 11.6 Å². The first-order chi connectivity index (χ1) is 11.0. The number of halogens is 2. The van der Waals surface area contributed by atoms with Crippen LogP contribution >= 0.6 is 27.5 Å². The van der Waals surface area contributed by atoms with Gasteiger partial charge in [0.25, 0.3) is 5.91 Å². The summed E-state index contributed by atoms with van der Waals surface area (Å²) in [5, 5.41) is 6.10. The molecule has 0 aromatic heterocycles. The summed E-state index contributed by atoms with van der Waals surface area (Å²) in [6.45, 7) is 0.752. The first-order valence-electron chi connectivity index (χ1n) is 7.09. The minimum Gasteiger partial charge on any atom is -0.354 e. The van der Waals surface area contributed by atoms with Crippen LogP contribution in [0.2, 0.25) is 5.02 Å². The van der Waals surface area contributed by atoms with E-state index in [1.54, 1.807) is 24.3 Å². The van der Waals surface area contributed by atoms with E-state index in [2.05, 4.69) is 26.6 Å². The molecule has 0 heterocycles. The Labute approximate surface area is 148 Å². The van der Waals surface area contributed by atoms with Crippen molar-refractivity contribution in [3.05, 3.63) is 69.2 Å². The lowest BCUT2D eigenvalue weighted by Crippen LogP contribution is -2.35. The molecule has 0 unspecified atom stereocenters. The third-order valence-corrected chi connectivity index (χ3v) is 3.90. The maximum atomic E-state index is 11.9. The van der Waals surface area contributed by atoms with Gasteiger partial charge in [-0.05, 0) is 42.0 Å². The molecule has 0 fully saturated rings. The van der Waals surface area contributed by atoms with Gasteiger partial charge in [0.05, 0.1) is 6.42 Å². The van der Waals surface area contributed by atoms with E-state index in [1.807, 2.05) is 24.3 Å². The fourth-order valence-electron chi connectivity index (χ4n) is 1.93. The summed E-state index contributed by atoms with van der Waals surface area (Å²) in [7, 11) is 0. The standard InChI is InChI=1S/C17H16BrClN2O2/c18-14-5-1-12(2-6-14)11-16(22)20-9-10-21-17(23)13-3-7-15(19)8-4-13/h1-8H,9-11H2,(H,20,22)(H,21,23). The van der Waals surface area contributed by atoms with Crippen LogP contribution < -0.4 is 10.6 Å². The van der Waals surface area contributed by atoms with Crippen molar-refractivity contribution in [2.75, 3.05) is 13.1 Å². The van der Waals surface area contributed by atoms with Crippen LogP contribution in [-0.2, 0) is 11.2 Å². The summed E-state index contributed by atoms with van der Waals surface area (Å²) in [5.74, 6) is -0.267. The molecule has 0 atom stereocenters. The topological polar surface area (TPSA) is 58.2 Å². The normalized spacial score (nSPS) is 10.2. The quantitative estimate of drug-likeness (QED) is 0.738. The lowest BCUT2D eigenvalue weighted by atomic mass is 10.1. The van der Waals surface area contributed by atoms with Crippen LogP contribution in [-0.4, -0.2) is 24.9 Å². The molecule has 0 aliphatic rings. The zero-order chi connectivity index (χ0) is 16.7. The van der Waals surface area contributed by atoms with Crippen molar-refractivity contribution in [2.24, 2.45) is 0 Å². The predicted molar refractivity (Wildman–Crippen MR) is 94.6 cm³/mol. The van der Waals surface area contributed by atoms with Crippen LogP contribution in [0.25, 0.3) is 0 Å². The van der Waals surface area contributed by atoms with E-state index >= 15 is 0 Å². The fraction of sp³-hybridized carbons (Fsp3) is 0.176. The van der Waals surface area contributed by atoms with E-state index in [0.29, 0.717) is 30.1 Å². The van der Waals surface area contributed by atoms with E-state index in [1.165, 1.54) is 0 Å². The largest absolute Gasteiger partial charge is 0.354 e. The van der Waals surface area contributed by atoms with Gasteiger partial charge in [-0.3, -0.25) is 9.59 Å². The summed E-state index contributed by atoms with van der Waals surface area (Å²) < 4.78 is 0.978. The van der Waals surface area contributed by atoms with Gasteiger partial charge >= 0.3 is 0 Å². The Bertz CT molecular complexity index is 672. The van der Waals surface area contributed by atoms with E-state index in [0.717, 1.165) is 10.0 Å². The molecular weight excluding hydrogens is 380 g/mol. The molecule has 23 heavy (non-hydrogen) atoms. The summed E-state index contributed by atoms with van der Waals surface area (Å²) in [4.78, 5) is 23.7. The van der Waals surface area contributed by atoms with Crippen LogP contribution in [0.5, 0.6) is 0 Å². The number of hydrogen-bond donors (Lipinski definition) is 2. The average Bonchev–Trinajstić information content (AvgIpc) is 2.54. The first-order valence-corrected chi connectivity index (χ1v) is 8.26. The second-order valence-electron chi connectivity index (χ2n) is 4.92. The summed E-state index contributed by atoms with van der Waals surface area (Å²) in [5.41, 5.74) is 1.48. The Kier molecular flexibility index (Phi) is 6.62. The molecule has 0 bridgehead atoms. The highest BCUT2D eigenvalue weighted by Gasteiger charge is 2.06. The third kappa shape index (κ3) is 6.04. The van der Waals surface area contributed by atoms with Crippen molar-refractivity contribution in [1.82, 2.24) is 10.6 Å². The minimum atomic E-state index is -0.191. The molecule has 0 saturated heterocycles. The third-order valence-electron chi connectivity index (χ3n) is 3.12. The van der Waals surface area contributed by atoms with Crippen LogP contribution in [0, 0.1) is 0 Å². The Morgan fingerprint density at radius 1 is 0.913 bits per heavy atom. The second-order valence-corrected chi connectivity index (χ2v) is 6.27. The van der Waals surface area contributed by atoms with Gasteiger partial charge < -0.3 is 10.6 Å². The highest BCUT2D eigenvalue weighted by atomic mass is 79.9. The highest BCUT2D eigenvalue weighted by molar-refractivity contribution is 9.10. The molecule has 0 spiro atoms. The maximum Gasteiger partial charge on any atom is 0.251 e. The molecule has 0 radical (unpaired) electrons. The fourth-order valence-corrected chi connectivity index (χ4v) is 2.32. The van der Waals surface area contributed by atoms with E-state index in [9.17, 15) is 9.59 Å². The Balaban J connectivity index is 1.68. The lowest BCUT2D eigenvalue weighted by Gasteiger charge is -2.07. The van der Waals surface area contributed by atoms with Gasteiger partial charge in [-0.1, -0.05) is 39.7 Å². The van der Waals surface area contributed by atoms with Crippen molar-refractivity contribution in [1.29, 1.82) is 0 Å². The molecule has 120 valence electrons. The lowest BCUT2D eigenvalue weighted by molar-refractivity contribution is -0.120.